The van der Waals surface area contributed by atoms with Crippen LogP contribution in [0.1, 0.15) is 6.92 Å². The standard InChI is InChI=1S/C12H15ClN2O3/c1-9(12(16)15-4-6-17-7-5-15)18-10-2-3-11(13)14-8-10/h2-3,8-9H,4-7H2,1H3. The molecule has 1 aliphatic heterocycles. The Morgan fingerprint density at radius 1 is 1.50 bits per heavy atom. The van der Waals surface area contributed by atoms with E-state index in [1.165, 1.54) is 6.20 Å². The van der Waals surface area contributed by atoms with Crippen molar-refractivity contribution in [2.75, 3.05) is 26.3 Å². The molecule has 1 amide bonds. The van der Waals surface area contributed by atoms with Gasteiger partial charge in [0.05, 0.1) is 19.4 Å². The molecule has 0 spiro atoms. The summed E-state index contributed by atoms with van der Waals surface area (Å²) in [5.41, 5.74) is 0. The Bertz CT molecular complexity index is 404. The predicted molar refractivity (Wildman–Crippen MR) is 66.7 cm³/mol. The lowest BCUT2D eigenvalue weighted by molar-refractivity contribution is -0.142. The van der Waals surface area contributed by atoms with Crippen molar-refractivity contribution in [3.8, 4) is 5.75 Å². The second-order valence-electron chi connectivity index (χ2n) is 4.01. The van der Waals surface area contributed by atoms with Crippen LogP contribution < -0.4 is 4.74 Å². The molecule has 0 aromatic carbocycles. The molecule has 1 aromatic heterocycles. The first-order chi connectivity index (χ1) is 8.66. The van der Waals surface area contributed by atoms with Gasteiger partial charge in [-0.25, -0.2) is 4.98 Å². The van der Waals surface area contributed by atoms with Crippen LogP contribution in [-0.2, 0) is 9.53 Å². The zero-order valence-corrected chi connectivity index (χ0v) is 10.9. The lowest BCUT2D eigenvalue weighted by atomic mass is 10.3. The molecule has 1 saturated heterocycles. The van der Waals surface area contributed by atoms with E-state index in [9.17, 15) is 4.79 Å². The maximum atomic E-state index is 12.1. The quantitative estimate of drug-likeness (QED) is 0.779. The van der Waals surface area contributed by atoms with E-state index in [4.69, 9.17) is 21.1 Å². The predicted octanol–water partition coefficient (Wildman–Crippen LogP) is 1.36. The Balaban J connectivity index is 1.92. The molecule has 0 saturated carbocycles. The summed E-state index contributed by atoms with van der Waals surface area (Å²) in [4.78, 5) is 17.7. The molecule has 1 aliphatic rings. The first-order valence-corrected chi connectivity index (χ1v) is 6.19. The number of halogens is 1. The van der Waals surface area contributed by atoms with Gasteiger partial charge in [-0.1, -0.05) is 11.6 Å². The summed E-state index contributed by atoms with van der Waals surface area (Å²) in [6, 6.07) is 3.32. The SMILES string of the molecule is CC(Oc1ccc(Cl)nc1)C(=O)N1CCOCC1. The third-order valence-corrected chi connectivity index (χ3v) is 2.91. The Morgan fingerprint density at radius 3 is 2.83 bits per heavy atom. The highest BCUT2D eigenvalue weighted by atomic mass is 35.5. The number of carbonyl (C=O) groups excluding carboxylic acids is 1. The molecule has 2 rings (SSSR count). The molecule has 2 heterocycles. The molecule has 0 aliphatic carbocycles. The van der Waals surface area contributed by atoms with Crippen LogP contribution in [0.4, 0.5) is 0 Å². The molecule has 6 heteroatoms. The molecular weight excluding hydrogens is 256 g/mol. The van der Waals surface area contributed by atoms with Gasteiger partial charge in [0, 0.05) is 13.1 Å². The lowest BCUT2D eigenvalue weighted by Crippen LogP contribution is -2.46. The molecule has 1 fully saturated rings. The van der Waals surface area contributed by atoms with Crippen molar-refractivity contribution in [1.82, 2.24) is 9.88 Å². The lowest BCUT2D eigenvalue weighted by Gasteiger charge is -2.29. The van der Waals surface area contributed by atoms with Gasteiger partial charge >= 0.3 is 0 Å². The molecular formula is C12H15ClN2O3. The molecule has 1 atom stereocenters. The van der Waals surface area contributed by atoms with E-state index in [2.05, 4.69) is 4.98 Å². The number of pyridine rings is 1. The van der Waals surface area contributed by atoms with E-state index in [-0.39, 0.29) is 5.91 Å². The van der Waals surface area contributed by atoms with Gasteiger partial charge in [0.25, 0.3) is 5.91 Å². The summed E-state index contributed by atoms with van der Waals surface area (Å²) >= 11 is 5.68. The van der Waals surface area contributed by atoms with Gasteiger partial charge in [-0.2, -0.15) is 0 Å². The Labute approximate surface area is 111 Å². The molecule has 1 unspecified atom stereocenters. The summed E-state index contributed by atoms with van der Waals surface area (Å²) in [6.07, 6.45) is 0.969. The molecule has 0 radical (unpaired) electrons. The Hall–Kier alpha value is -1.33. The van der Waals surface area contributed by atoms with E-state index in [1.54, 1.807) is 24.0 Å². The van der Waals surface area contributed by atoms with Crippen molar-refractivity contribution in [1.29, 1.82) is 0 Å². The average Bonchev–Trinajstić information content (AvgIpc) is 2.41. The zero-order valence-electron chi connectivity index (χ0n) is 10.1. The number of nitrogens with zero attached hydrogens (tertiary/aromatic N) is 2. The minimum absolute atomic E-state index is 0.0340. The maximum Gasteiger partial charge on any atom is 0.263 e. The van der Waals surface area contributed by atoms with Gasteiger partial charge in [-0.3, -0.25) is 4.79 Å². The van der Waals surface area contributed by atoms with Gasteiger partial charge in [0.15, 0.2) is 6.10 Å². The van der Waals surface area contributed by atoms with E-state index in [1.807, 2.05) is 0 Å². The highest BCUT2D eigenvalue weighted by Crippen LogP contribution is 2.14. The number of hydrogen-bond donors (Lipinski definition) is 0. The third-order valence-electron chi connectivity index (χ3n) is 2.68. The molecule has 0 N–H and O–H groups in total. The van der Waals surface area contributed by atoms with Gasteiger partial charge in [0.2, 0.25) is 0 Å². The minimum Gasteiger partial charge on any atom is -0.479 e. The summed E-state index contributed by atoms with van der Waals surface area (Å²) in [7, 11) is 0. The number of morpholine rings is 1. The molecule has 18 heavy (non-hydrogen) atoms. The van der Waals surface area contributed by atoms with Gasteiger partial charge in [0.1, 0.15) is 10.9 Å². The highest BCUT2D eigenvalue weighted by molar-refractivity contribution is 6.29. The summed E-state index contributed by atoms with van der Waals surface area (Å²) < 4.78 is 10.7. The maximum absolute atomic E-state index is 12.1. The Kier molecular flexibility index (Phi) is 4.38. The normalized spacial score (nSPS) is 17.3. The van der Waals surface area contributed by atoms with Crippen LogP contribution in [0, 0.1) is 0 Å². The van der Waals surface area contributed by atoms with Crippen molar-refractivity contribution >= 4 is 17.5 Å². The first-order valence-electron chi connectivity index (χ1n) is 5.81. The van der Waals surface area contributed by atoms with Crippen LogP contribution in [-0.4, -0.2) is 48.2 Å². The van der Waals surface area contributed by atoms with Crippen molar-refractivity contribution < 1.29 is 14.3 Å². The van der Waals surface area contributed by atoms with Crippen molar-refractivity contribution in [3.05, 3.63) is 23.5 Å². The summed E-state index contributed by atoms with van der Waals surface area (Å²) in [5.74, 6) is 0.502. The van der Waals surface area contributed by atoms with Crippen molar-refractivity contribution in [3.63, 3.8) is 0 Å². The third kappa shape index (κ3) is 3.34. The largest absolute Gasteiger partial charge is 0.479 e. The van der Waals surface area contributed by atoms with E-state index >= 15 is 0 Å². The average molecular weight is 271 g/mol. The number of carbonyl (C=O) groups is 1. The minimum atomic E-state index is -0.536. The van der Waals surface area contributed by atoms with E-state index in [0.717, 1.165) is 0 Å². The number of amides is 1. The number of ether oxygens (including phenoxy) is 2. The second-order valence-corrected chi connectivity index (χ2v) is 4.40. The number of aromatic nitrogens is 1. The fraction of sp³-hybridized carbons (Fsp3) is 0.500. The van der Waals surface area contributed by atoms with Crippen LogP contribution in [0.3, 0.4) is 0 Å². The van der Waals surface area contributed by atoms with Crippen molar-refractivity contribution in [2.45, 2.75) is 13.0 Å². The number of rotatable bonds is 3. The highest BCUT2D eigenvalue weighted by Gasteiger charge is 2.23. The van der Waals surface area contributed by atoms with Crippen LogP contribution in [0.15, 0.2) is 18.3 Å². The van der Waals surface area contributed by atoms with Gasteiger partial charge < -0.3 is 14.4 Å². The van der Waals surface area contributed by atoms with Crippen LogP contribution in [0.25, 0.3) is 0 Å². The van der Waals surface area contributed by atoms with Gasteiger partial charge in [-0.05, 0) is 19.1 Å². The smallest absolute Gasteiger partial charge is 0.263 e. The van der Waals surface area contributed by atoms with Crippen LogP contribution >= 0.6 is 11.6 Å². The summed E-state index contributed by atoms with van der Waals surface area (Å²) in [6.45, 7) is 4.13. The van der Waals surface area contributed by atoms with Crippen LogP contribution in [0.5, 0.6) is 5.75 Å². The molecule has 1 aromatic rings. The molecule has 98 valence electrons. The zero-order chi connectivity index (χ0) is 13.0. The molecule has 0 bridgehead atoms. The fourth-order valence-corrected chi connectivity index (χ4v) is 1.84. The van der Waals surface area contributed by atoms with Gasteiger partial charge in [-0.15, -0.1) is 0 Å². The van der Waals surface area contributed by atoms with Crippen molar-refractivity contribution in [2.24, 2.45) is 0 Å². The topological polar surface area (TPSA) is 51.7 Å². The van der Waals surface area contributed by atoms with Crippen LogP contribution in [0.2, 0.25) is 5.15 Å². The fourth-order valence-electron chi connectivity index (χ4n) is 1.73. The Morgan fingerprint density at radius 2 is 2.22 bits per heavy atom. The van der Waals surface area contributed by atoms with E-state index in [0.29, 0.717) is 37.2 Å². The first kappa shape index (κ1) is 13.1. The summed E-state index contributed by atoms with van der Waals surface area (Å²) in [5, 5.41) is 0.398. The molecule has 5 nitrogen and oxygen atoms in total. The van der Waals surface area contributed by atoms with E-state index < -0.39 is 6.10 Å². The monoisotopic (exact) mass is 270 g/mol. The second kappa shape index (κ2) is 6.02. The number of hydrogen-bond acceptors (Lipinski definition) is 4.